The Kier molecular flexibility index (Phi) is 2.31. The zero-order valence-corrected chi connectivity index (χ0v) is 8.90. The quantitative estimate of drug-likeness (QED) is 0.788. The number of nitrogens with zero attached hydrogens (tertiary/aromatic N) is 3. The maximum absolute atomic E-state index is 5.93. The van der Waals surface area contributed by atoms with Crippen molar-refractivity contribution in [3.05, 3.63) is 11.9 Å². The van der Waals surface area contributed by atoms with Crippen LogP contribution in [0.4, 0.5) is 0 Å². The lowest BCUT2D eigenvalue weighted by atomic mass is 9.85. The fraction of sp³-hybridized carbons (Fsp3) is 0.800. The zero-order chi connectivity index (χ0) is 10.2. The van der Waals surface area contributed by atoms with E-state index in [0.29, 0.717) is 0 Å². The molecule has 1 heterocycles. The summed E-state index contributed by atoms with van der Waals surface area (Å²) >= 11 is 0. The molecule has 1 fully saturated rings. The van der Waals surface area contributed by atoms with Gasteiger partial charge in [-0.15, -0.1) is 5.10 Å². The molecule has 0 saturated heterocycles. The lowest BCUT2D eigenvalue weighted by Crippen LogP contribution is -2.29. The maximum Gasteiger partial charge on any atom is 0.102 e. The van der Waals surface area contributed by atoms with Crippen molar-refractivity contribution in [2.45, 2.75) is 45.2 Å². The molecule has 0 aromatic carbocycles. The van der Waals surface area contributed by atoms with Crippen molar-refractivity contribution in [1.82, 2.24) is 15.0 Å². The molecule has 1 saturated carbocycles. The van der Waals surface area contributed by atoms with Crippen molar-refractivity contribution in [3.63, 3.8) is 0 Å². The van der Waals surface area contributed by atoms with Crippen LogP contribution in [0.5, 0.6) is 0 Å². The lowest BCUT2D eigenvalue weighted by molar-refractivity contribution is 0.264. The Morgan fingerprint density at radius 3 is 2.71 bits per heavy atom. The molecule has 2 rings (SSSR count). The van der Waals surface area contributed by atoms with E-state index in [9.17, 15) is 0 Å². The molecule has 4 nitrogen and oxygen atoms in total. The highest BCUT2D eigenvalue weighted by Crippen LogP contribution is 2.27. The lowest BCUT2D eigenvalue weighted by Gasteiger charge is -2.24. The smallest absolute Gasteiger partial charge is 0.102 e. The molecule has 0 unspecified atom stereocenters. The van der Waals surface area contributed by atoms with Crippen LogP contribution in [0.1, 0.15) is 38.8 Å². The molecule has 14 heavy (non-hydrogen) atoms. The standard InChI is InChI=1S/C10H18N4/c1-10(2,11)9-7-14(13-12-9)6-8-4-3-5-8/h7-8H,3-6,11H2,1-2H3. The number of nitrogens with two attached hydrogens (primary N) is 1. The molecule has 1 aromatic rings. The second kappa shape index (κ2) is 3.35. The van der Waals surface area contributed by atoms with Gasteiger partial charge in [-0.25, -0.2) is 0 Å². The van der Waals surface area contributed by atoms with Gasteiger partial charge >= 0.3 is 0 Å². The summed E-state index contributed by atoms with van der Waals surface area (Å²) in [5.74, 6) is 0.811. The molecule has 1 aliphatic carbocycles. The Labute approximate surface area is 84.5 Å². The number of hydrogen-bond acceptors (Lipinski definition) is 3. The maximum atomic E-state index is 5.93. The number of aromatic nitrogens is 3. The van der Waals surface area contributed by atoms with E-state index in [0.717, 1.165) is 18.2 Å². The Balaban J connectivity index is 2.02. The van der Waals surface area contributed by atoms with Crippen LogP contribution in [0.3, 0.4) is 0 Å². The minimum Gasteiger partial charge on any atom is -0.320 e. The van der Waals surface area contributed by atoms with Gasteiger partial charge in [0.2, 0.25) is 0 Å². The van der Waals surface area contributed by atoms with Gasteiger partial charge < -0.3 is 5.73 Å². The van der Waals surface area contributed by atoms with Crippen LogP contribution < -0.4 is 5.73 Å². The SMILES string of the molecule is CC(C)(N)c1cn(CC2CCC2)nn1. The molecule has 0 atom stereocenters. The van der Waals surface area contributed by atoms with E-state index in [4.69, 9.17) is 5.73 Å². The van der Waals surface area contributed by atoms with Crippen molar-refractivity contribution in [1.29, 1.82) is 0 Å². The van der Waals surface area contributed by atoms with Gasteiger partial charge in [0.15, 0.2) is 0 Å². The van der Waals surface area contributed by atoms with Crippen molar-refractivity contribution >= 4 is 0 Å². The molecular formula is C10H18N4. The molecular weight excluding hydrogens is 176 g/mol. The number of hydrogen-bond donors (Lipinski definition) is 1. The van der Waals surface area contributed by atoms with Gasteiger partial charge in [-0.3, -0.25) is 4.68 Å². The molecule has 78 valence electrons. The van der Waals surface area contributed by atoms with E-state index in [1.807, 2.05) is 24.7 Å². The Bertz CT molecular complexity index is 306. The highest BCUT2D eigenvalue weighted by Gasteiger charge is 2.21. The predicted octanol–water partition coefficient (Wildman–Crippen LogP) is 1.27. The molecule has 0 aliphatic heterocycles. The van der Waals surface area contributed by atoms with Gasteiger partial charge in [0.1, 0.15) is 5.69 Å². The number of rotatable bonds is 3. The summed E-state index contributed by atoms with van der Waals surface area (Å²) in [6.07, 6.45) is 6.01. The third-order valence-corrected chi connectivity index (χ3v) is 2.87. The summed E-state index contributed by atoms with van der Waals surface area (Å²) in [4.78, 5) is 0. The van der Waals surface area contributed by atoms with Crippen molar-refractivity contribution in [3.8, 4) is 0 Å². The molecule has 4 heteroatoms. The Hall–Kier alpha value is -0.900. The van der Waals surface area contributed by atoms with Crippen molar-refractivity contribution in [2.24, 2.45) is 11.7 Å². The summed E-state index contributed by atoms with van der Waals surface area (Å²) in [6, 6.07) is 0. The molecule has 0 bridgehead atoms. The van der Waals surface area contributed by atoms with Gasteiger partial charge in [-0.2, -0.15) is 0 Å². The fourth-order valence-corrected chi connectivity index (χ4v) is 1.62. The predicted molar refractivity (Wildman–Crippen MR) is 54.6 cm³/mol. The zero-order valence-electron chi connectivity index (χ0n) is 8.90. The fourth-order valence-electron chi connectivity index (χ4n) is 1.62. The van der Waals surface area contributed by atoms with E-state index in [-0.39, 0.29) is 5.54 Å². The van der Waals surface area contributed by atoms with E-state index < -0.39 is 0 Å². The van der Waals surface area contributed by atoms with E-state index in [1.165, 1.54) is 19.3 Å². The first-order valence-corrected chi connectivity index (χ1v) is 5.25. The summed E-state index contributed by atoms with van der Waals surface area (Å²) < 4.78 is 1.92. The minimum absolute atomic E-state index is 0.377. The summed E-state index contributed by atoms with van der Waals surface area (Å²) in [5, 5.41) is 8.18. The first-order valence-electron chi connectivity index (χ1n) is 5.25. The largest absolute Gasteiger partial charge is 0.320 e. The van der Waals surface area contributed by atoms with Crippen LogP contribution in [0.25, 0.3) is 0 Å². The minimum atomic E-state index is -0.377. The average Bonchev–Trinajstić information content (AvgIpc) is 2.43. The Morgan fingerprint density at radius 2 is 2.29 bits per heavy atom. The van der Waals surface area contributed by atoms with Crippen LogP contribution in [0.2, 0.25) is 0 Å². The monoisotopic (exact) mass is 194 g/mol. The average molecular weight is 194 g/mol. The normalized spacial score (nSPS) is 18.2. The summed E-state index contributed by atoms with van der Waals surface area (Å²) in [6.45, 7) is 4.90. The van der Waals surface area contributed by atoms with Crippen molar-refractivity contribution < 1.29 is 0 Å². The molecule has 0 amide bonds. The highest BCUT2D eigenvalue weighted by atomic mass is 15.4. The first kappa shape index (κ1) is 9.65. The van der Waals surface area contributed by atoms with Gasteiger partial charge in [-0.05, 0) is 32.6 Å². The third-order valence-electron chi connectivity index (χ3n) is 2.87. The topological polar surface area (TPSA) is 56.7 Å². The second-order valence-electron chi connectivity index (χ2n) is 4.84. The van der Waals surface area contributed by atoms with Crippen LogP contribution >= 0.6 is 0 Å². The summed E-state index contributed by atoms with van der Waals surface area (Å²) in [5.41, 5.74) is 6.43. The Morgan fingerprint density at radius 1 is 1.57 bits per heavy atom. The van der Waals surface area contributed by atoms with Gasteiger partial charge in [0, 0.05) is 6.54 Å². The molecule has 2 N–H and O–H groups in total. The van der Waals surface area contributed by atoms with E-state index in [2.05, 4.69) is 10.3 Å². The third kappa shape index (κ3) is 1.95. The molecule has 1 aromatic heterocycles. The van der Waals surface area contributed by atoms with Crippen LogP contribution in [-0.4, -0.2) is 15.0 Å². The molecule has 0 radical (unpaired) electrons. The van der Waals surface area contributed by atoms with Gasteiger partial charge in [0.05, 0.1) is 11.7 Å². The van der Waals surface area contributed by atoms with Crippen molar-refractivity contribution in [2.75, 3.05) is 0 Å². The highest BCUT2D eigenvalue weighted by molar-refractivity contribution is 5.05. The van der Waals surface area contributed by atoms with E-state index in [1.54, 1.807) is 0 Å². The van der Waals surface area contributed by atoms with Crippen LogP contribution in [-0.2, 0) is 12.1 Å². The van der Waals surface area contributed by atoms with E-state index >= 15 is 0 Å². The molecule has 0 spiro atoms. The van der Waals surface area contributed by atoms with Crippen LogP contribution in [0, 0.1) is 5.92 Å². The van der Waals surface area contributed by atoms with Crippen LogP contribution in [0.15, 0.2) is 6.20 Å². The second-order valence-corrected chi connectivity index (χ2v) is 4.84. The van der Waals surface area contributed by atoms with Gasteiger partial charge in [-0.1, -0.05) is 11.6 Å². The molecule has 1 aliphatic rings. The summed E-state index contributed by atoms with van der Waals surface area (Å²) in [7, 11) is 0. The van der Waals surface area contributed by atoms with Gasteiger partial charge in [0.25, 0.3) is 0 Å². The first-order chi connectivity index (χ1) is 6.55.